The first-order chi connectivity index (χ1) is 10.8. The molecule has 0 aromatic rings. The van der Waals surface area contributed by atoms with Crippen molar-refractivity contribution in [2.24, 2.45) is 17.8 Å². The monoisotopic (exact) mass is 308 g/mol. The van der Waals surface area contributed by atoms with Gasteiger partial charge >= 0.3 is 0 Å². The average Bonchev–Trinajstić information content (AvgIpc) is 3.24. The summed E-state index contributed by atoms with van der Waals surface area (Å²) >= 11 is 0. The maximum atomic E-state index is 12.1. The van der Waals surface area contributed by atoms with Crippen molar-refractivity contribution in [2.75, 3.05) is 39.4 Å². The Morgan fingerprint density at radius 1 is 1.05 bits per heavy atom. The summed E-state index contributed by atoms with van der Waals surface area (Å²) in [5.74, 6) is 2.12. The standard InChI is InChI=1S/C18H32N2O2/c21-18(17-3-1-2-4-17)19-13-15-5-9-20(10-6-15)11-7-16-8-12-22-14-16/h15-17H,1-14H2,(H,19,21). The van der Waals surface area contributed by atoms with E-state index < -0.39 is 0 Å². The van der Waals surface area contributed by atoms with E-state index in [4.69, 9.17) is 4.74 Å². The van der Waals surface area contributed by atoms with Gasteiger partial charge in [-0.05, 0) is 70.0 Å². The number of ether oxygens (including phenoxy) is 1. The van der Waals surface area contributed by atoms with Crippen LogP contribution < -0.4 is 5.32 Å². The van der Waals surface area contributed by atoms with E-state index in [2.05, 4.69) is 10.2 Å². The van der Waals surface area contributed by atoms with Gasteiger partial charge in [-0.15, -0.1) is 0 Å². The molecule has 126 valence electrons. The van der Waals surface area contributed by atoms with E-state index in [1.807, 2.05) is 0 Å². The summed E-state index contributed by atoms with van der Waals surface area (Å²) in [4.78, 5) is 14.7. The van der Waals surface area contributed by atoms with Gasteiger partial charge in [0.2, 0.25) is 5.91 Å². The molecule has 1 saturated carbocycles. The fraction of sp³-hybridized carbons (Fsp3) is 0.944. The number of hydrogen-bond acceptors (Lipinski definition) is 3. The van der Waals surface area contributed by atoms with Crippen LogP contribution in [0.25, 0.3) is 0 Å². The quantitative estimate of drug-likeness (QED) is 0.819. The first-order valence-electron chi connectivity index (χ1n) is 9.39. The van der Waals surface area contributed by atoms with Crippen molar-refractivity contribution in [3.8, 4) is 0 Å². The zero-order valence-corrected chi connectivity index (χ0v) is 13.9. The Kier molecular flexibility index (Phi) is 6.13. The molecule has 3 rings (SSSR count). The van der Waals surface area contributed by atoms with Crippen LogP contribution in [0.1, 0.15) is 51.4 Å². The number of carbonyl (C=O) groups excluding carboxylic acids is 1. The molecular weight excluding hydrogens is 276 g/mol. The molecule has 2 aliphatic heterocycles. The van der Waals surface area contributed by atoms with E-state index >= 15 is 0 Å². The molecule has 3 aliphatic rings. The fourth-order valence-corrected chi connectivity index (χ4v) is 4.17. The molecule has 2 saturated heterocycles. The third-order valence-corrected chi connectivity index (χ3v) is 5.88. The molecule has 4 heteroatoms. The highest BCUT2D eigenvalue weighted by Gasteiger charge is 2.25. The molecule has 4 nitrogen and oxygen atoms in total. The smallest absolute Gasteiger partial charge is 0.223 e. The lowest BCUT2D eigenvalue weighted by Gasteiger charge is -2.32. The van der Waals surface area contributed by atoms with Gasteiger partial charge < -0.3 is 15.0 Å². The first-order valence-corrected chi connectivity index (χ1v) is 9.39. The van der Waals surface area contributed by atoms with Crippen LogP contribution in [0, 0.1) is 17.8 Å². The van der Waals surface area contributed by atoms with Gasteiger partial charge in [-0.3, -0.25) is 4.79 Å². The van der Waals surface area contributed by atoms with Gasteiger partial charge in [0, 0.05) is 25.7 Å². The third-order valence-electron chi connectivity index (χ3n) is 5.88. The van der Waals surface area contributed by atoms with E-state index in [0.29, 0.717) is 17.7 Å². The normalized spacial score (nSPS) is 28.3. The van der Waals surface area contributed by atoms with E-state index in [1.165, 1.54) is 58.2 Å². The minimum Gasteiger partial charge on any atom is -0.381 e. The van der Waals surface area contributed by atoms with Gasteiger partial charge in [0.05, 0.1) is 0 Å². The molecule has 0 aromatic carbocycles. The molecule has 0 bridgehead atoms. The first kappa shape index (κ1) is 16.3. The molecule has 0 radical (unpaired) electrons. The van der Waals surface area contributed by atoms with Crippen molar-refractivity contribution in [1.82, 2.24) is 10.2 Å². The Morgan fingerprint density at radius 2 is 1.82 bits per heavy atom. The van der Waals surface area contributed by atoms with Gasteiger partial charge in [-0.25, -0.2) is 0 Å². The lowest BCUT2D eigenvalue weighted by Crippen LogP contribution is -2.40. The Bertz CT molecular complexity index is 341. The summed E-state index contributed by atoms with van der Waals surface area (Å²) < 4.78 is 5.45. The molecule has 3 fully saturated rings. The van der Waals surface area contributed by atoms with Crippen LogP contribution in [-0.4, -0.2) is 50.2 Å². The summed E-state index contributed by atoms with van der Waals surface area (Å²) in [6, 6.07) is 0. The third kappa shape index (κ3) is 4.69. The summed E-state index contributed by atoms with van der Waals surface area (Å²) in [5.41, 5.74) is 0. The highest BCUT2D eigenvalue weighted by Crippen LogP contribution is 2.25. The fourth-order valence-electron chi connectivity index (χ4n) is 4.17. The van der Waals surface area contributed by atoms with Crippen LogP contribution in [0.4, 0.5) is 0 Å². The van der Waals surface area contributed by atoms with Gasteiger partial charge in [-0.1, -0.05) is 12.8 Å². The van der Waals surface area contributed by atoms with E-state index in [1.54, 1.807) is 0 Å². The topological polar surface area (TPSA) is 41.6 Å². The number of likely N-dealkylation sites (tertiary alicyclic amines) is 1. The van der Waals surface area contributed by atoms with Gasteiger partial charge in [0.15, 0.2) is 0 Å². The maximum Gasteiger partial charge on any atom is 0.223 e. The number of piperidine rings is 1. The second-order valence-electron chi connectivity index (χ2n) is 7.53. The molecule has 1 amide bonds. The van der Waals surface area contributed by atoms with Crippen molar-refractivity contribution < 1.29 is 9.53 Å². The average molecular weight is 308 g/mol. The zero-order valence-electron chi connectivity index (χ0n) is 13.9. The Morgan fingerprint density at radius 3 is 2.50 bits per heavy atom. The van der Waals surface area contributed by atoms with Gasteiger partial charge in [0.1, 0.15) is 0 Å². The molecule has 22 heavy (non-hydrogen) atoms. The van der Waals surface area contributed by atoms with Crippen LogP contribution in [0.5, 0.6) is 0 Å². The minimum atomic E-state index is 0.314. The van der Waals surface area contributed by atoms with E-state index in [9.17, 15) is 4.79 Å². The SMILES string of the molecule is O=C(NCC1CCN(CCC2CCOC2)CC1)C1CCCC1. The molecule has 1 atom stereocenters. The lowest BCUT2D eigenvalue weighted by molar-refractivity contribution is -0.125. The molecule has 0 spiro atoms. The summed E-state index contributed by atoms with van der Waals surface area (Å²) in [5, 5.41) is 3.21. The van der Waals surface area contributed by atoms with Crippen molar-refractivity contribution in [1.29, 1.82) is 0 Å². The molecule has 1 N–H and O–H groups in total. The van der Waals surface area contributed by atoms with Crippen molar-refractivity contribution in [3.63, 3.8) is 0 Å². The number of nitrogens with zero attached hydrogens (tertiary/aromatic N) is 1. The molecule has 2 heterocycles. The summed E-state index contributed by atoms with van der Waals surface area (Å²) in [6.45, 7) is 6.49. The predicted octanol–water partition coefficient (Wildman–Crippen LogP) is 2.43. The second-order valence-corrected chi connectivity index (χ2v) is 7.53. The predicted molar refractivity (Wildman–Crippen MR) is 87.7 cm³/mol. The number of nitrogens with one attached hydrogen (secondary N) is 1. The van der Waals surface area contributed by atoms with Gasteiger partial charge in [0.25, 0.3) is 0 Å². The maximum absolute atomic E-state index is 12.1. The van der Waals surface area contributed by atoms with Crippen molar-refractivity contribution in [2.45, 2.75) is 51.4 Å². The molecular formula is C18H32N2O2. The number of carbonyl (C=O) groups is 1. The lowest BCUT2D eigenvalue weighted by atomic mass is 9.95. The highest BCUT2D eigenvalue weighted by atomic mass is 16.5. The van der Waals surface area contributed by atoms with Crippen LogP contribution in [0.15, 0.2) is 0 Å². The van der Waals surface area contributed by atoms with Crippen LogP contribution >= 0.6 is 0 Å². The zero-order chi connectivity index (χ0) is 15.2. The Hall–Kier alpha value is -0.610. The minimum absolute atomic E-state index is 0.314. The number of rotatable bonds is 6. The van der Waals surface area contributed by atoms with E-state index in [-0.39, 0.29) is 0 Å². The van der Waals surface area contributed by atoms with Crippen molar-refractivity contribution >= 4 is 5.91 Å². The molecule has 1 aliphatic carbocycles. The number of hydrogen-bond donors (Lipinski definition) is 1. The van der Waals surface area contributed by atoms with E-state index in [0.717, 1.165) is 38.5 Å². The Labute approximate surface area is 135 Å². The van der Waals surface area contributed by atoms with Crippen molar-refractivity contribution in [3.05, 3.63) is 0 Å². The van der Waals surface area contributed by atoms with Crippen LogP contribution in [0.3, 0.4) is 0 Å². The van der Waals surface area contributed by atoms with Crippen LogP contribution in [-0.2, 0) is 9.53 Å². The van der Waals surface area contributed by atoms with Gasteiger partial charge in [-0.2, -0.15) is 0 Å². The summed E-state index contributed by atoms with van der Waals surface area (Å²) in [7, 11) is 0. The number of amides is 1. The molecule has 1 unspecified atom stereocenters. The Balaban J connectivity index is 1.27. The highest BCUT2D eigenvalue weighted by molar-refractivity contribution is 5.78. The van der Waals surface area contributed by atoms with Crippen LogP contribution in [0.2, 0.25) is 0 Å². The molecule has 0 aromatic heterocycles. The summed E-state index contributed by atoms with van der Waals surface area (Å²) in [6.07, 6.45) is 9.72. The largest absolute Gasteiger partial charge is 0.381 e. The second kappa shape index (κ2) is 8.30.